The summed E-state index contributed by atoms with van der Waals surface area (Å²) in [5.41, 5.74) is 1.67. The standard InChI is InChI=1S/C20H23Cl2N5O2/c1-2-10-26-16-5-3-4-6-17(16)27(20(26)29)11-7-18(28)23-8-9-24-19-15(22)12-14(21)13-25-19/h3-6,12-13H,2,7-11H2,1H3,(H,23,28)(H,24,25). The zero-order valence-electron chi connectivity index (χ0n) is 16.1. The summed E-state index contributed by atoms with van der Waals surface area (Å²) in [5, 5.41) is 6.76. The lowest BCUT2D eigenvalue weighted by Gasteiger charge is -2.09. The van der Waals surface area contributed by atoms with Crippen molar-refractivity contribution in [3.8, 4) is 0 Å². The number of carbonyl (C=O) groups is 1. The molecule has 3 rings (SSSR count). The maximum absolute atomic E-state index is 12.7. The van der Waals surface area contributed by atoms with E-state index in [2.05, 4.69) is 15.6 Å². The van der Waals surface area contributed by atoms with E-state index in [-0.39, 0.29) is 18.0 Å². The van der Waals surface area contributed by atoms with E-state index >= 15 is 0 Å². The summed E-state index contributed by atoms with van der Waals surface area (Å²) in [6.07, 6.45) is 2.59. The number of carbonyl (C=O) groups excluding carboxylic acids is 1. The summed E-state index contributed by atoms with van der Waals surface area (Å²) < 4.78 is 3.43. The number of aryl methyl sites for hydroxylation is 2. The van der Waals surface area contributed by atoms with E-state index in [1.807, 2.05) is 31.2 Å². The molecule has 1 amide bonds. The van der Waals surface area contributed by atoms with Crippen LogP contribution in [0.1, 0.15) is 19.8 Å². The smallest absolute Gasteiger partial charge is 0.329 e. The van der Waals surface area contributed by atoms with Crippen LogP contribution in [0, 0.1) is 0 Å². The first-order valence-electron chi connectivity index (χ1n) is 9.51. The summed E-state index contributed by atoms with van der Waals surface area (Å²) in [6.45, 7) is 3.90. The minimum atomic E-state index is -0.124. The number of imidazole rings is 1. The number of benzene rings is 1. The van der Waals surface area contributed by atoms with Crippen molar-refractivity contribution < 1.29 is 4.79 Å². The van der Waals surface area contributed by atoms with Gasteiger partial charge in [-0.25, -0.2) is 9.78 Å². The van der Waals surface area contributed by atoms with Gasteiger partial charge in [0.15, 0.2) is 0 Å². The zero-order chi connectivity index (χ0) is 20.8. The van der Waals surface area contributed by atoms with Gasteiger partial charge in [0.25, 0.3) is 0 Å². The molecule has 3 aromatic rings. The Labute approximate surface area is 178 Å². The van der Waals surface area contributed by atoms with Gasteiger partial charge in [-0.05, 0) is 24.6 Å². The van der Waals surface area contributed by atoms with E-state index in [1.165, 1.54) is 6.20 Å². The third-order valence-corrected chi connectivity index (χ3v) is 4.98. The normalized spacial score (nSPS) is 11.0. The van der Waals surface area contributed by atoms with Crippen molar-refractivity contribution in [1.82, 2.24) is 19.4 Å². The number of amides is 1. The number of fused-ring (bicyclic) bond motifs is 1. The second-order valence-corrected chi connectivity index (χ2v) is 7.43. The summed E-state index contributed by atoms with van der Waals surface area (Å²) in [7, 11) is 0. The van der Waals surface area contributed by atoms with Crippen LogP contribution in [0.2, 0.25) is 10.0 Å². The number of hydrogen-bond acceptors (Lipinski definition) is 4. The molecule has 2 heterocycles. The van der Waals surface area contributed by atoms with Crippen molar-refractivity contribution >= 4 is 46.0 Å². The largest absolute Gasteiger partial charge is 0.367 e. The maximum Gasteiger partial charge on any atom is 0.329 e. The molecule has 0 saturated heterocycles. The molecule has 0 bridgehead atoms. The third kappa shape index (κ3) is 5.10. The first kappa shape index (κ1) is 21.2. The molecule has 0 aliphatic heterocycles. The summed E-state index contributed by atoms with van der Waals surface area (Å²) in [6, 6.07) is 9.26. The molecule has 9 heteroatoms. The number of nitrogens with one attached hydrogen (secondary N) is 2. The Balaban J connectivity index is 1.53. The molecule has 7 nitrogen and oxygen atoms in total. The molecule has 0 unspecified atom stereocenters. The van der Waals surface area contributed by atoms with Gasteiger partial charge in [-0.15, -0.1) is 0 Å². The fraction of sp³-hybridized carbons (Fsp3) is 0.350. The Bertz CT molecular complexity index is 1060. The van der Waals surface area contributed by atoms with Crippen LogP contribution in [0.15, 0.2) is 41.3 Å². The summed E-state index contributed by atoms with van der Waals surface area (Å²) in [4.78, 5) is 29.0. The van der Waals surface area contributed by atoms with Gasteiger partial charge in [0.2, 0.25) is 5.91 Å². The second-order valence-electron chi connectivity index (χ2n) is 6.59. The van der Waals surface area contributed by atoms with Gasteiger partial charge in [-0.3, -0.25) is 13.9 Å². The number of anilines is 1. The molecule has 0 atom stereocenters. The summed E-state index contributed by atoms with van der Waals surface area (Å²) >= 11 is 11.9. The quantitative estimate of drug-likeness (QED) is 0.503. The number of hydrogen-bond donors (Lipinski definition) is 2. The van der Waals surface area contributed by atoms with E-state index in [4.69, 9.17) is 23.2 Å². The molecule has 154 valence electrons. The van der Waals surface area contributed by atoms with Gasteiger partial charge in [0.1, 0.15) is 5.82 Å². The van der Waals surface area contributed by atoms with Crippen LogP contribution < -0.4 is 16.3 Å². The van der Waals surface area contributed by atoms with Crippen LogP contribution in [0.5, 0.6) is 0 Å². The zero-order valence-corrected chi connectivity index (χ0v) is 17.6. The number of pyridine rings is 1. The molecule has 0 fully saturated rings. The number of para-hydroxylation sites is 2. The fourth-order valence-corrected chi connectivity index (χ4v) is 3.60. The minimum absolute atomic E-state index is 0.0778. The van der Waals surface area contributed by atoms with E-state index < -0.39 is 0 Å². The number of nitrogens with zero attached hydrogens (tertiary/aromatic N) is 3. The Morgan fingerprint density at radius 3 is 2.45 bits per heavy atom. The van der Waals surface area contributed by atoms with Crippen molar-refractivity contribution in [1.29, 1.82) is 0 Å². The lowest BCUT2D eigenvalue weighted by molar-refractivity contribution is -0.121. The van der Waals surface area contributed by atoms with Crippen LogP contribution in [-0.4, -0.2) is 33.1 Å². The highest BCUT2D eigenvalue weighted by atomic mass is 35.5. The molecule has 0 aliphatic rings. The van der Waals surface area contributed by atoms with E-state index in [9.17, 15) is 9.59 Å². The molecular weight excluding hydrogens is 413 g/mol. The molecule has 0 spiro atoms. The summed E-state index contributed by atoms with van der Waals surface area (Å²) in [5.74, 6) is 0.391. The first-order valence-corrected chi connectivity index (χ1v) is 10.3. The van der Waals surface area contributed by atoms with Gasteiger partial charge in [0, 0.05) is 38.8 Å². The predicted octanol–water partition coefficient (Wildman–Crippen LogP) is 3.53. The Kier molecular flexibility index (Phi) is 7.17. The van der Waals surface area contributed by atoms with Gasteiger partial charge in [-0.1, -0.05) is 42.3 Å². The van der Waals surface area contributed by atoms with Gasteiger partial charge in [-0.2, -0.15) is 0 Å². The minimum Gasteiger partial charge on any atom is -0.367 e. The van der Waals surface area contributed by atoms with Crippen LogP contribution in [0.3, 0.4) is 0 Å². The highest BCUT2D eigenvalue weighted by molar-refractivity contribution is 6.35. The van der Waals surface area contributed by atoms with Crippen LogP contribution in [-0.2, 0) is 17.9 Å². The monoisotopic (exact) mass is 435 g/mol. The lowest BCUT2D eigenvalue weighted by Crippen LogP contribution is -2.31. The SMILES string of the molecule is CCCn1c(=O)n(CCC(=O)NCCNc2ncc(Cl)cc2Cl)c2ccccc21. The predicted molar refractivity (Wildman–Crippen MR) is 117 cm³/mol. The topological polar surface area (TPSA) is 81.0 Å². The Hall–Kier alpha value is -2.51. The van der Waals surface area contributed by atoms with Gasteiger partial charge in [0.05, 0.1) is 21.1 Å². The van der Waals surface area contributed by atoms with E-state index in [0.29, 0.717) is 42.0 Å². The molecular formula is C20H23Cl2N5O2. The highest BCUT2D eigenvalue weighted by Crippen LogP contribution is 2.22. The van der Waals surface area contributed by atoms with Crippen LogP contribution in [0.4, 0.5) is 5.82 Å². The number of aromatic nitrogens is 3. The molecule has 0 saturated carbocycles. The highest BCUT2D eigenvalue weighted by Gasteiger charge is 2.13. The van der Waals surface area contributed by atoms with Crippen molar-refractivity contribution in [2.75, 3.05) is 18.4 Å². The molecule has 0 radical (unpaired) electrons. The maximum atomic E-state index is 12.7. The molecule has 2 aromatic heterocycles. The van der Waals surface area contributed by atoms with Crippen LogP contribution in [0.25, 0.3) is 11.0 Å². The van der Waals surface area contributed by atoms with Gasteiger partial charge >= 0.3 is 5.69 Å². The van der Waals surface area contributed by atoms with E-state index in [1.54, 1.807) is 15.2 Å². The number of rotatable bonds is 9. The van der Waals surface area contributed by atoms with Crippen molar-refractivity contribution in [3.05, 3.63) is 57.1 Å². The number of halogens is 2. The Morgan fingerprint density at radius 1 is 1.10 bits per heavy atom. The molecule has 29 heavy (non-hydrogen) atoms. The first-order chi connectivity index (χ1) is 14.0. The van der Waals surface area contributed by atoms with Crippen molar-refractivity contribution in [3.63, 3.8) is 0 Å². The molecule has 2 N–H and O–H groups in total. The second kappa shape index (κ2) is 9.80. The van der Waals surface area contributed by atoms with Crippen molar-refractivity contribution in [2.45, 2.75) is 32.9 Å². The molecule has 0 aliphatic carbocycles. The van der Waals surface area contributed by atoms with Gasteiger partial charge < -0.3 is 10.6 Å². The van der Waals surface area contributed by atoms with Crippen molar-refractivity contribution in [2.24, 2.45) is 0 Å². The Morgan fingerprint density at radius 2 is 1.79 bits per heavy atom. The third-order valence-electron chi connectivity index (χ3n) is 4.48. The average Bonchev–Trinajstić information content (AvgIpc) is 2.97. The molecule has 1 aromatic carbocycles. The fourth-order valence-electron chi connectivity index (χ4n) is 3.16. The van der Waals surface area contributed by atoms with Crippen LogP contribution >= 0.6 is 23.2 Å². The van der Waals surface area contributed by atoms with E-state index in [0.717, 1.165) is 17.5 Å². The average molecular weight is 436 g/mol. The lowest BCUT2D eigenvalue weighted by atomic mass is 10.3.